The number of hydrogen-bond acceptors (Lipinski definition) is 3. The standard InChI is InChI=1S/C12H23N3O2/c1-3-5-11(16)14-8-12(17)15-10-6-4-7-13-9(10)2/h9-10,13H,3-8H2,1-2H3,(H,14,16)(H,15,17). The van der Waals surface area contributed by atoms with Crippen molar-refractivity contribution in [3.63, 3.8) is 0 Å². The topological polar surface area (TPSA) is 70.2 Å². The van der Waals surface area contributed by atoms with Crippen LogP contribution in [0.5, 0.6) is 0 Å². The summed E-state index contributed by atoms with van der Waals surface area (Å²) < 4.78 is 0. The highest BCUT2D eigenvalue weighted by atomic mass is 16.2. The van der Waals surface area contributed by atoms with Gasteiger partial charge in [-0.05, 0) is 32.7 Å². The van der Waals surface area contributed by atoms with Gasteiger partial charge in [-0.3, -0.25) is 9.59 Å². The van der Waals surface area contributed by atoms with Gasteiger partial charge in [-0.25, -0.2) is 0 Å². The Labute approximate surface area is 103 Å². The monoisotopic (exact) mass is 241 g/mol. The van der Waals surface area contributed by atoms with E-state index in [1.165, 1.54) is 0 Å². The second-order valence-corrected chi connectivity index (χ2v) is 4.59. The van der Waals surface area contributed by atoms with Crippen molar-refractivity contribution >= 4 is 11.8 Å². The molecule has 1 fully saturated rings. The molecule has 0 radical (unpaired) electrons. The lowest BCUT2D eigenvalue weighted by molar-refractivity contribution is -0.126. The van der Waals surface area contributed by atoms with Crippen LogP contribution in [0.25, 0.3) is 0 Å². The fraction of sp³-hybridized carbons (Fsp3) is 0.833. The van der Waals surface area contributed by atoms with Gasteiger partial charge in [-0.15, -0.1) is 0 Å². The third kappa shape index (κ3) is 5.17. The molecular weight excluding hydrogens is 218 g/mol. The first kappa shape index (κ1) is 14.0. The molecule has 2 amide bonds. The summed E-state index contributed by atoms with van der Waals surface area (Å²) in [5.41, 5.74) is 0. The summed E-state index contributed by atoms with van der Waals surface area (Å²) in [6, 6.07) is 0.485. The average molecular weight is 241 g/mol. The fourth-order valence-electron chi connectivity index (χ4n) is 1.99. The molecule has 3 N–H and O–H groups in total. The predicted octanol–water partition coefficient (Wildman–Crippen LogP) is 0.159. The van der Waals surface area contributed by atoms with E-state index in [1.54, 1.807) is 0 Å². The van der Waals surface area contributed by atoms with Gasteiger partial charge in [0.05, 0.1) is 6.54 Å². The minimum Gasteiger partial charge on any atom is -0.350 e. The van der Waals surface area contributed by atoms with Crippen molar-refractivity contribution in [3.8, 4) is 0 Å². The molecule has 17 heavy (non-hydrogen) atoms. The van der Waals surface area contributed by atoms with E-state index in [0.717, 1.165) is 25.8 Å². The molecule has 1 rings (SSSR count). The molecule has 0 spiro atoms. The Balaban J connectivity index is 2.22. The van der Waals surface area contributed by atoms with Gasteiger partial charge < -0.3 is 16.0 Å². The molecular formula is C12H23N3O2. The van der Waals surface area contributed by atoms with Crippen LogP contribution in [0.15, 0.2) is 0 Å². The van der Waals surface area contributed by atoms with Gasteiger partial charge in [0.1, 0.15) is 0 Å². The summed E-state index contributed by atoms with van der Waals surface area (Å²) in [6.45, 7) is 5.11. The quantitative estimate of drug-likeness (QED) is 0.642. The maximum absolute atomic E-state index is 11.6. The molecule has 0 saturated carbocycles. The van der Waals surface area contributed by atoms with Crippen LogP contribution < -0.4 is 16.0 Å². The SMILES string of the molecule is CCCC(=O)NCC(=O)NC1CCCNC1C. The van der Waals surface area contributed by atoms with E-state index in [0.29, 0.717) is 12.5 Å². The summed E-state index contributed by atoms with van der Waals surface area (Å²) in [6.07, 6.45) is 3.37. The van der Waals surface area contributed by atoms with Crippen LogP contribution in [0.3, 0.4) is 0 Å². The molecule has 0 aromatic carbocycles. The van der Waals surface area contributed by atoms with Crippen molar-refractivity contribution < 1.29 is 9.59 Å². The molecule has 5 nitrogen and oxygen atoms in total. The van der Waals surface area contributed by atoms with Gasteiger partial charge in [0.2, 0.25) is 11.8 Å². The van der Waals surface area contributed by atoms with E-state index < -0.39 is 0 Å². The van der Waals surface area contributed by atoms with E-state index in [1.807, 2.05) is 6.92 Å². The highest BCUT2D eigenvalue weighted by Gasteiger charge is 2.22. The third-order valence-corrected chi connectivity index (χ3v) is 3.03. The predicted molar refractivity (Wildman–Crippen MR) is 66.5 cm³/mol. The highest BCUT2D eigenvalue weighted by Crippen LogP contribution is 2.07. The van der Waals surface area contributed by atoms with Gasteiger partial charge in [0.25, 0.3) is 0 Å². The summed E-state index contributed by atoms with van der Waals surface area (Å²) in [5.74, 6) is -0.160. The maximum atomic E-state index is 11.6. The number of rotatable bonds is 5. The van der Waals surface area contributed by atoms with Crippen LogP contribution in [0.2, 0.25) is 0 Å². The smallest absolute Gasteiger partial charge is 0.239 e. The van der Waals surface area contributed by atoms with Crippen LogP contribution in [-0.4, -0.2) is 37.0 Å². The van der Waals surface area contributed by atoms with Crippen LogP contribution in [0, 0.1) is 0 Å². The lowest BCUT2D eigenvalue weighted by Crippen LogP contribution is -2.53. The van der Waals surface area contributed by atoms with Crippen molar-refractivity contribution in [2.45, 2.75) is 51.6 Å². The zero-order valence-electron chi connectivity index (χ0n) is 10.7. The molecule has 0 bridgehead atoms. The van der Waals surface area contributed by atoms with Crippen molar-refractivity contribution in [1.29, 1.82) is 0 Å². The summed E-state index contributed by atoms with van der Waals surface area (Å²) in [4.78, 5) is 22.8. The summed E-state index contributed by atoms with van der Waals surface area (Å²) >= 11 is 0. The molecule has 2 unspecified atom stereocenters. The minimum absolute atomic E-state index is 0.0579. The van der Waals surface area contributed by atoms with Crippen molar-refractivity contribution in [2.75, 3.05) is 13.1 Å². The molecule has 1 heterocycles. The lowest BCUT2D eigenvalue weighted by atomic mass is 10.00. The van der Waals surface area contributed by atoms with Crippen molar-refractivity contribution in [1.82, 2.24) is 16.0 Å². The number of amides is 2. The average Bonchev–Trinajstić information content (AvgIpc) is 2.30. The number of piperidine rings is 1. The summed E-state index contributed by atoms with van der Waals surface area (Å²) in [5, 5.41) is 8.89. The maximum Gasteiger partial charge on any atom is 0.239 e. The van der Waals surface area contributed by atoms with E-state index in [2.05, 4.69) is 22.9 Å². The van der Waals surface area contributed by atoms with Crippen molar-refractivity contribution in [3.05, 3.63) is 0 Å². The molecule has 0 aromatic heterocycles. The van der Waals surface area contributed by atoms with Gasteiger partial charge in [0.15, 0.2) is 0 Å². The first-order valence-electron chi connectivity index (χ1n) is 6.43. The first-order chi connectivity index (χ1) is 8.13. The molecule has 2 atom stereocenters. The van der Waals surface area contributed by atoms with Crippen LogP contribution in [-0.2, 0) is 9.59 Å². The van der Waals surface area contributed by atoms with Crippen LogP contribution in [0.4, 0.5) is 0 Å². The molecule has 0 aliphatic carbocycles. The number of nitrogens with one attached hydrogen (secondary N) is 3. The Kier molecular flexibility index (Phi) is 5.97. The van der Waals surface area contributed by atoms with E-state index in [9.17, 15) is 9.59 Å². The van der Waals surface area contributed by atoms with E-state index >= 15 is 0 Å². The largest absolute Gasteiger partial charge is 0.350 e. The number of hydrogen-bond donors (Lipinski definition) is 3. The van der Waals surface area contributed by atoms with Crippen LogP contribution >= 0.6 is 0 Å². The Morgan fingerprint density at radius 3 is 2.76 bits per heavy atom. The number of carbonyl (C=O) groups is 2. The van der Waals surface area contributed by atoms with Gasteiger partial charge >= 0.3 is 0 Å². The Bertz CT molecular complexity index is 268. The molecule has 1 aliphatic heterocycles. The normalized spacial score (nSPS) is 24.1. The van der Waals surface area contributed by atoms with Crippen LogP contribution in [0.1, 0.15) is 39.5 Å². The lowest BCUT2D eigenvalue weighted by Gasteiger charge is -2.30. The zero-order valence-corrected chi connectivity index (χ0v) is 10.7. The third-order valence-electron chi connectivity index (χ3n) is 3.03. The van der Waals surface area contributed by atoms with Crippen molar-refractivity contribution in [2.24, 2.45) is 0 Å². The van der Waals surface area contributed by atoms with E-state index in [4.69, 9.17) is 0 Å². The molecule has 1 aliphatic rings. The fourth-order valence-corrected chi connectivity index (χ4v) is 1.99. The van der Waals surface area contributed by atoms with Gasteiger partial charge in [-0.1, -0.05) is 6.92 Å². The minimum atomic E-state index is -0.102. The second kappa shape index (κ2) is 7.27. The van der Waals surface area contributed by atoms with Gasteiger partial charge in [0, 0.05) is 18.5 Å². The zero-order chi connectivity index (χ0) is 12.7. The Morgan fingerprint density at radius 1 is 1.35 bits per heavy atom. The molecule has 98 valence electrons. The molecule has 1 saturated heterocycles. The van der Waals surface area contributed by atoms with Gasteiger partial charge in [-0.2, -0.15) is 0 Å². The summed E-state index contributed by atoms with van der Waals surface area (Å²) in [7, 11) is 0. The van der Waals surface area contributed by atoms with E-state index in [-0.39, 0.29) is 24.4 Å². The Morgan fingerprint density at radius 2 is 2.12 bits per heavy atom. The Hall–Kier alpha value is -1.10. The molecule has 0 aromatic rings. The first-order valence-corrected chi connectivity index (χ1v) is 6.43. The molecule has 5 heteroatoms. The highest BCUT2D eigenvalue weighted by molar-refractivity contribution is 5.84. The number of carbonyl (C=O) groups excluding carboxylic acids is 2. The second-order valence-electron chi connectivity index (χ2n) is 4.59.